The highest BCUT2D eigenvalue weighted by Crippen LogP contribution is 2.25. The van der Waals surface area contributed by atoms with E-state index in [2.05, 4.69) is 20.7 Å². The van der Waals surface area contributed by atoms with E-state index in [1.54, 1.807) is 28.8 Å². The summed E-state index contributed by atoms with van der Waals surface area (Å²) >= 11 is 1.45. The molecule has 8 heteroatoms. The van der Waals surface area contributed by atoms with Crippen LogP contribution in [0, 0.1) is 0 Å². The molecule has 0 unspecified atom stereocenters. The minimum atomic E-state index is -0.346. The lowest BCUT2D eigenvalue weighted by molar-refractivity contribution is -0.114. The lowest BCUT2D eigenvalue weighted by Gasteiger charge is -2.05. The fraction of sp³-hybridized carbons (Fsp3) is 0.0526. The molecule has 0 aliphatic heterocycles. The van der Waals surface area contributed by atoms with E-state index >= 15 is 0 Å². The topological polar surface area (TPSA) is 88.4 Å². The molecule has 7 nitrogen and oxygen atoms in total. The Hall–Kier alpha value is -3.52. The van der Waals surface area contributed by atoms with Gasteiger partial charge < -0.3 is 5.32 Å². The van der Waals surface area contributed by atoms with Crippen molar-refractivity contribution in [3.8, 4) is 11.3 Å². The Morgan fingerprint density at radius 2 is 1.85 bits per heavy atom. The number of carbonyl (C=O) groups excluding carboxylic acids is 2. The fourth-order valence-electron chi connectivity index (χ4n) is 2.66. The number of fused-ring (bicyclic) bond motifs is 1. The van der Waals surface area contributed by atoms with Crippen LogP contribution in [0.4, 0.5) is 11.6 Å². The van der Waals surface area contributed by atoms with Gasteiger partial charge >= 0.3 is 0 Å². The molecule has 2 aromatic carbocycles. The number of nitrogens with zero attached hydrogens (tertiary/aromatic N) is 3. The number of hydrogen-bond donors (Lipinski definition) is 2. The van der Waals surface area contributed by atoms with Gasteiger partial charge in [0, 0.05) is 29.1 Å². The third-order valence-electron chi connectivity index (χ3n) is 3.82. The van der Waals surface area contributed by atoms with Crippen LogP contribution in [0.5, 0.6) is 0 Å². The van der Waals surface area contributed by atoms with Crippen LogP contribution in [0.1, 0.15) is 17.3 Å². The van der Waals surface area contributed by atoms with Crippen LogP contribution in [-0.4, -0.2) is 26.4 Å². The normalized spacial score (nSPS) is 10.7. The first-order chi connectivity index (χ1) is 13.1. The molecule has 134 valence electrons. The van der Waals surface area contributed by atoms with Crippen molar-refractivity contribution >= 4 is 39.7 Å². The molecule has 0 saturated carbocycles. The summed E-state index contributed by atoms with van der Waals surface area (Å²) in [7, 11) is 0. The molecule has 0 atom stereocenters. The number of benzene rings is 2. The van der Waals surface area contributed by atoms with Crippen LogP contribution >= 0.6 is 11.3 Å². The highest BCUT2D eigenvalue weighted by atomic mass is 32.1. The maximum absolute atomic E-state index is 12.5. The van der Waals surface area contributed by atoms with Gasteiger partial charge in [0.1, 0.15) is 0 Å². The molecule has 4 aromatic rings. The van der Waals surface area contributed by atoms with Crippen molar-refractivity contribution in [3.05, 3.63) is 65.5 Å². The highest BCUT2D eigenvalue weighted by molar-refractivity contribution is 7.15. The van der Waals surface area contributed by atoms with E-state index in [-0.39, 0.29) is 17.8 Å². The van der Waals surface area contributed by atoms with Crippen LogP contribution in [-0.2, 0) is 4.79 Å². The van der Waals surface area contributed by atoms with E-state index in [1.807, 2.05) is 35.7 Å². The second-order valence-electron chi connectivity index (χ2n) is 5.83. The van der Waals surface area contributed by atoms with Crippen LogP contribution in [0.2, 0.25) is 0 Å². The Kier molecular flexibility index (Phi) is 4.39. The average Bonchev–Trinajstić information content (AvgIpc) is 3.22. The molecule has 0 spiro atoms. The second kappa shape index (κ2) is 7.00. The van der Waals surface area contributed by atoms with Gasteiger partial charge in [0.05, 0.1) is 5.69 Å². The van der Waals surface area contributed by atoms with Crippen LogP contribution in [0.25, 0.3) is 16.2 Å². The molecule has 4 rings (SSSR count). The van der Waals surface area contributed by atoms with Gasteiger partial charge in [-0.15, -0.1) is 16.4 Å². The van der Waals surface area contributed by atoms with Crippen molar-refractivity contribution in [1.82, 2.24) is 14.6 Å². The standard InChI is InChI=1S/C19H15N5O2S/c1-12(25)20-15-9-5-8-14(10-15)17(26)21-18-22-19-24(23-18)16(11-27-19)13-6-3-2-4-7-13/h2-11H,1H3,(H,20,25)(H,21,23,26). The van der Waals surface area contributed by atoms with Gasteiger partial charge in [0.25, 0.3) is 11.9 Å². The van der Waals surface area contributed by atoms with E-state index in [9.17, 15) is 9.59 Å². The molecule has 2 amide bonds. The van der Waals surface area contributed by atoms with Crippen molar-refractivity contribution in [2.75, 3.05) is 10.6 Å². The van der Waals surface area contributed by atoms with Crippen molar-refractivity contribution in [2.45, 2.75) is 6.92 Å². The molecule has 27 heavy (non-hydrogen) atoms. The summed E-state index contributed by atoms with van der Waals surface area (Å²) in [4.78, 5) is 28.7. The van der Waals surface area contributed by atoms with Gasteiger partial charge in [0.15, 0.2) is 0 Å². The summed E-state index contributed by atoms with van der Waals surface area (Å²) in [6, 6.07) is 16.5. The molecule has 2 N–H and O–H groups in total. The van der Waals surface area contributed by atoms with E-state index in [0.29, 0.717) is 16.2 Å². The van der Waals surface area contributed by atoms with Crippen LogP contribution in [0.3, 0.4) is 0 Å². The molecule has 2 aromatic heterocycles. The molecule has 0 bridgehead atoms. The number of thiazole rings is 1. The predicted molar refractivity (Wildman–Crippen MR) is 105 cm³/mol. The second-order valence-corrected chi connectivity index (χ2v) is 6.67. The Balaban J connectivity index is 1.58. The SMILES string of the molecule is CC(=O)Nc1cccc(C(=O)Nc2nc3scc(-c4ccccc4)n3n2)c1. The van der Waals surface area contributed by atoms with Gasteiger partial charge in [-0.3, -0.25) is 14.9 Å². The number of nitrogens with one attached hydrogen (secondary N) is 2. The molecule has 0 saturated heterocycles. The van der Waals surface area contributed by atoms with E-state index in [4.69, 9.17) is 0 Å². The van der Waals surface area contributed by atoms with Crippen molar-refractivity contribution < 1.29 is 9.59 Å². The smallest absolute Gasteiger partial charge is 0.258 e. The molecule has 0 aliphatic carbocycles. The molecular formula is C19H15N5O2S. The zero-order valence-corrected chi connectivity index (χ0v) is 15.2. The Bertz CT molecular complexity index is 1130. The van der Waals surface area contributed by atoms with Crippen LogP contribution < -0.4 is 10.6 Å². The van der Waals surface area contributed by atoms with Crippen molar-refractivity contribution in [2.24, 2.45) is 0 Å². The number of aromatic nitrogens is 3. The van der Waals surface area contributed by atoms with E-state index in [0.717, 1.165) is 11.3 Å². The number of hydrogen-bond acceptors (Lipinski definition) is 5. The Morgan fingerprint density at radius 1 is 1.04 bits per heavy atom. The maximum atomic E-state index is 12.5. The number of amides is 2. The molecule has 0 radical (unpaired) electrons. The summed E-state index contributed by atoms with van der Waals surface area (Å²) < 4.78 is 1.71. The molecular weight excluding hydrogens is 362 g/mol. The zero-order chi connectivity index (χ0) is 18.8. The minimum Gasteiger partial charge on any atom is -0.326 e. The van der Waals surface area contributed by atoms with Gasteiger partial charge in [-0.2, -0.15) is 4.98 Å². The quantitative estimate of drug-likeness (QED) is 0.568. The minimum absolute atomic E-state index is 0.197. The largest absolute Gasteiger partial charge is 0.326 e. The summed E-state index contributed by atoms with van der Waals surface area (Å²) in [6.45, 7) is 1.42. The number of carbonyl (C=O) groups is 2. The monoisotopic (exact) mass is 377 g/mol. The first kappa shape index (κ1) is 16.9. The van der Waals surface area contributed by atoms with Crippen molar-refractivity contribution in [3.63, 3.8) is 0 Å². The summed E-state index contributed by atoms with van der Waals surface area (Å²) in [6.07, 6.45) is 0. The van der Waals surface area contributed by atoms with E-state index in [1.165, 1.54) is 18.3 Å². The van der Waals surface area contributed by atoms with Crippen LogP contribution in [0.15, 0.2) is 60.0 Å². The lowest BCUT2D eigenvalue weighted by atomic mass is 10.2. The number of rotatable bonds is 4. The maximum Gasteiger partial charge on any atom is 0.258 e. The zero-order valence-electron chi connectivity index (χ0n) is 14.3. The van der Waals surface area contributed by atoms with E-state index < -0.39 is 0 Å². The van der Waals surface area contributed by atoms with Gasteiger partial charge in [-0.05, 0) is 18.2 Å². The number of anilines is 2. The summed E-state index contributed by atoms with van der Waals surface area (Å²) in [5.41, 5.74) is 2.90. The average molecular weight is 377 g/mol. The highest BCUT2D eigenvalue weighted by Gasteiger charge is 2.14. The fourth-order valence-corrected chi connectivity index (χ4v) is 3.49. The Morgan fingerprint density at radius 3 is 2.63 bits per heavy atom. The first-order valence-electron chi connectivity index (χ1n) is 8.19. The summed E-state index contributed by atoms with van der Waals surface area (Å²) in [5.74, 6) is -0.312. The Labute approximate surface area is 158 Å². The van der Waals surface area contributed by atoms with Gasteiger partial charge in [0.2, 0.25) is 10.9 Å². The first-order valence-corrected chi connectivity index (χ1v) is 9.07. The summed E-state index contributed by atoms with van der Waals surface area (Å²) in [5, 5.41) is 11.7. The van der Waals surface area contributed by atoms with Crippen molar-refractivity contribution in [1.29, 1.82) is 0 Å². The molecule has 0 aliphatic rings. The van der Waals surface area contributed by atoms with Gasteiger partial charge in [-0.1, -0.05) is 36.4 Å². The lowest BCUT2D eigenvalue weighted by Crippen LogP contribution is -2.14. The molecule has 2 heterocycles. The third kappa shape index (κ3) is 3.56. The van der Waals surface area contributed by atoms with Gasteiger partial charge in [-0.25, -0.2) is 4.52 Å². The molecule has 0 fully saturated rings. The predicted octanol–water partition coefficient (Wildman–Crippen LogP) is 3.67. The third-order valence-corrected chi connectivity index (χ3v) is 4.64.